The fourth-order valence-corrected chi connectivity index (χ4v) is 3.79. The minimum atomic E-state index is -3.89. The Morgan fingerprint density at radius 3 is 2.33 bits per heavy atom. The first kappa shape index (κ1) is 23.6. The van der Waals surface area contributed by atoms with Crippen LogP contribution in [0.5, 0.6) is 0 Å². The van der Waals surface area contributed by atoms with E-state index in [9.17, 15) is 22.4 Å². The monoisotopic (exact) mass is 455 g/mol. The van der Waals surface area contributed by atoms with E-state index in [2.05, 4.69) is 5.32 Å². The van der Waals surface area contributed by atoms with Gasteiger partial charge in [0.15, 0.2) is 0 Å². The van der Waals surface area contributed by atoms with Gasteiger partial charge in [0.1, 0.15) is 18.4 Å². The van der Waals surface area contributed by atoms with Crippen molar-refractivity contribution in [3.05, 3.63) is 64.9 Å². The molecule has 1 unspecified atom stereocenters. The minimum Gasteiger partial charge on any atom is -0.357 e. The second kappa shape index (κ2) is 9.90. The van der Waals surface area contributed by atoms with E-state index < -0.39 is 40.2 Å². The van der Waals surface area contributed by atoms with Crippen LogP contribution >= 0.6 is 11.6 Å². The van der Waals surface area contributed by atoms with Crippen molar-refractivity contribution in [1.82, 2.24) is 10.2 Å². The minimum absolute atomic E-state index is 0.0184. The van der Waals surface area contributed by atoms with E-state index in [1.54, 1.807) is 31.2 Å². The molecule has 10 heteroatoms. The first-order valence-electron chi connectivity index (χ1n) is 9.01. The molecule has 0 spiro atoms. The Labute approximate surface area is 180 Å². The van der Waals surface area contributed by atoms with Crippen molar-refractivity contribution in [3.8, 4) is 0 Å². The van der Waals surface area contributed by atoms with E-state index in [1.807, 2.05) is 0 Å². The van der Waals surface area contributed by atoms with Gasteiger partial charge in [-0.2, -0.15) is 0 Å². The number of rotatable bonds is 8. The Morgan fingerprint density at radius 2 is 1.80 bits per heavy atom. The van der Waals surface area contributed by atoms with E-state index in [0.717, 1.165) is 16.6 Å². The number of benzene rings is 2. The molecule has 0 aliphatic rings. The SMILES string of the molecule is CNC(=O)C(C)N(Cc1ccc(Cl)cc1)C(=O)CN(c1cccc(F)c1)S(C)(=O)=O. The zero-order valence-corrected chi connectivity index (χ0v) is 18.4. The Hall–Kier alpha value is -2.65. The molecule has 0 saturated carbocycles. The third kappa shape index (κ3) is 6.17. The van der Waals surface area contributed by atoms with Crippen molar-refractivity contribution in [2.75, 3.05) is 24.2 Å². The van der Waals surface area contributed by atoms with Gasteiger partial charge in [-0.1, -0.05) is 29.8 Å². The van der Waals surface area contributed by atoms with E-state index in [1.165, 1.54) is 30.1 Å². The number of amides is 2. The van der Waals surface area contributed by atoms with Gasteiger partial charge in [-0.3, -0.25) is 13.9 Å². The highest BCUT2D eigenvalue weighted by molar-refractivity contribution is 7.92. The molecule has 1 N–H and O–H groups in total. The number of nitrogens with one attached hydrogen (secondary N) is 1. The van der Waals surface area contributed by atoms with E-state index >= 15 is 0 Å². The first-order valence-corrected chi connectivity index (χ1v) is 11.2. The third-order valence-corrected chi connectivity index (χ3v) is 5.85. The molecule has 2 rings (SSSR count). The van der Waals surface area contributed by atoms with Crippen molar-refractivity contribution in [1.29, 1.82) is 0 Å². The predicted molar refractivity (Wildman–Crippen MR) is 114 cm³/mol. The van der Waals surface area contributed by atoms with E-state index in [4.69, 9.17) is 11.6 Å². The van der Waals surface area contributed by atoms with Gasteiger partial charge in [-0.25, -0.2) is 12.8 Å². The molecule has 2 aromatic carbocycles. The topological polar surface area (TPSA) is 86.8 Å². The van der Waals surface area contributed by atoms with Crippen LogP contribution in [0.25, 0.3) is 0 Å². The molecule has 0 heterocycles. The number of likely N-dealkylation sites (N-methyl/N-ethyl adjacent to an activating group) is 1. The Balaban J connectivity index is 2.36. The first-order chi connectivity index (χ1) is 14.0. The fourth-order valence-electron chi connectivity index (χ4n) is 2.82. The highest BCUT2D eigenvalue weighted by atomic mass is 35.5. The van der Waals surface area contributed by atoms with Crippen LogP contribution in [0.15, 0.2) is 48.5 Å². The van der Waals surface area contributed by atoms with Gasteiger partial charge in [0.2, 0.25) is 21.8 Å². The normalized spacial score (nSPS) is 12.2. The van der Waals surface area contributed by atoms with Crippen molar-refractivity contribution >= 4 is 39.1 Å². The Kier molecular flexibility index (Phi) is 7.80. The van der Waals surface area contributed by atoms with Gasteiger partial charge in [0.05, 0.1) is 11.9 Å². The second-order valence-corrected chi connectivity index (χ2v) is 9.03. The third-order valence-electron chi connectivity index (χ3n) is 4.46. The van der Waals surface area contributed by atoms with Gasteiger partial charge in [0.25, 0.3) is 0 Å². The quantitative estimate of drug-likeness (QED) is 0.662. The van der Waals surface area contributed by atoms with Crippen LogP contribution < -0.4 is 9.62 Å². The summed E-state index contributed by atoms with van der Waals surface area (Å²) in [5, 5.41) is 3.00. The molecule has 0 radical (unpaired) electrons. The summed E-state index contributed by atoms with van der Waals surface area (Å²) in [5.74, 6) is -1.66. The molecule has 0 fully saturated rings. The average molecular weight is 456 g/mol. The van der Waals surface area contributed by atoms with Crippen LogP contribution in [0.1, 0.15) is 12.5 Å². The molecule has 7 nitrogen and oxygen atoms in total. The molecule has 162 valence electrons. The number of hydrogen-bond acceptors (Lipinski definition) is 4. The molecule has 0 aromatic heterocycles. The van der Waals surface area contributed by atoms with Crippen molar-refractivity contribution < 1.29 is 22.4 Å². The van der Waals surface area contributed by atoms with Gasteiger partial charge in [-0.05, 0) is 42.8 Å². The van der Waals surface area contributed by atoms with Crippen LogP contribution in [-0.4, -0.2) is 51.0 Å². The van der Waals surface area contributed by atoms with Gasteiger partial charge in [0, 0.05) is 18.6 Å². The van der Waals surface area contributed by atoms with Gasteiger partial charge >= 0.3 is 0 Å². The standard InChI is InChI=1S/C20H23ClFN3O4S/c1-14(20(27)23-2)24(12-15-7-9-16(21)10-8-15)19(26)13-25(30(3,28)29)18-6-4-5-17(22)11-18/h4-11,14H,12-13H2,1-3H3,(H,23,27). The Morgan fingerprint density at radius 1 is 1.17 bits per heavy atom. The molecule has 0 aliphatic heterocycles. The maximum Gasteiger partial charge on any atom is 0.244 e. The molecule has 2 aromatic rings. The summed E-state index contributed by atoms with van der Waals surface area (Å²) in [6.07, 6.45) is 0.927. The van der Waals surface area contributed by atoms with Crippen LogP contribution in [0.4, 0.5) is 10.1 Å². The zero-order valence-electron chi connectivity index (χ0n) is 16.8. The van der Waals surface area contributed by atoms with Crippen molar-refractivity contribution in [3.63, 3.8) is 0 Å². The van der Waals surface area contributed by atoms with Crippen molar-refractivity contribution in [2.45, 2.75) is 19.5 Å². The number of nitrogens with zero attached hydrogens (tertiary/aromatic N) is 2. The summed E-state index contributed by atoms with van der Waals surface area (Å²) in [7, 11) is -2.45. The lowest BCUT2D eigenvalue weighted by Crippen LogP contribution is -2.50. The smallest absolute Gasteiger partial charge is 0.244 e. The van der Waals surface area contributed by atoms with E-state index in [-0.39, 0.29) is 12.2 Å². The lowest BCUT2D eigenvalue weighted by molar-refractivity contribution is -0.139. The molecule has 2 amide bonds. The molecular weight excluding hydrogens is 433 g/mol. The lowest BCUT2D eigenvalue weighted by Gasteiger charge is -2.31. The summed E-state index contributed by atoms with van der Waals surface area (Å²) < 4.78 is 39.0. The maximum atomic E-state index is 13.6. The lowest BCUT2D eigenvalue weighted by atomic mass is 10.1. The highest BCUT2D eigenvalue weighted by Crippen LogP contribution is 2.20. The zero-order chi connectivity index (χ0) is 22.5. The average Bonchev–Trinajstić information content (AvgIpc) is 2.69. The number of sulfonamides is 1. The summed E-state index contributed by atoms with van der Waals surface area (Å²) >= 11 is 5.90. The predicted octanol–water partition coefficient (Wildman–Crippen LogP) is 2.41. The summed E-state index contributed by atoms with van der Waals surface area (Å²) in [5.41, 5.74) is 0.727. The van der Waals surface area contributed by atoms with Gasteiger partial charge in [-0.15, -0.1) is 0 Å². The molecule has 0 bridgehead atoms. The summed E-state index contributed by atoms with van der Waals surface area (Å²) in [6.45, 7) is 1.02. The van der Waals surface area contributed by atoms with Crippen LogP contribution in [-0.2, 0) is 26.2 Å². The number of carbonyl (C=O) groups excluding carboxylic acids is 2. The molecular formula is C20H23ClFN3O4S. The number of halogens is 2. The maximum absolute atomic E-state index is 13.6. The number of anilines is 1. The summed E-state index contributed by atoms with van der Waals surface area (Å²) in [6, 6.07) is 10.8. The van der Waals surface area contributed by atoms with Crippen LogP contribution in [0, 0.1) is 5.82 Å². The largest absolute Gasteiger partial charge is 0.357 e. The number of hydrogen-bond donors (Lipinski definition) is 1. The van der Waals surface area contributed by atoms with Crippen LogP contribution in [0.2, 0.25) is 5.02 Å². The molecule has 1 atom stereocenters. The number of carbonyl (C=O) groups is 2. The molecule has 30 heavy (non-hydrogen) atoms. The Bertz CT molecular complexity index is 1010. The van der Waals surface area contributed by atoms with Crippen molar-refractivity contribution in [2.24, 2.45) is 0 Å². The highest BCUT2D eigenvalue weighted by Gasteiger charge is 2.29. The second-order valence-electron chi connectivity index (χ2n) is 6.69. The van der Waals surface area contributed by atoms with E-state index in [0.29, 0.717) is 10.6 Å². The summed E-state index contributed by atoms with van der Waals surface area (Å²) in [4.78, 5) is 26.6. The molecule has 0 saturated heterocycles. The fraction of sp³-hybridized carbons (Fsp3) is 0.300. The van der Waals surface area contributed by atoms with Gasteiger partial charge < -0.3 is 10.2 Å². The molecule has 0 aliphatic carbocycles. The van der Waals surface area contributed by atoms with Crippen LogP contribution in [0.3, 0.4) is 0 Å².